The Balaban J connectivity index is 1.91. The topological polar surface area (TPSA) is 73.1 Å². The lowest BCUT2D eigenvalue weighted by atomic mass is 10.2. The Morgan fingerprint density at radius 1 is 1.24 bits per heavy atom. The molecule has 0 unspecified atom stereocenters. The second-order valence-electron chi connectivity index (χ2n) is 5.52. The first-order chi connectivity index (χ1) is 10.1. The molecule has 0 aliphatic heterocycles. The highest BCUT2D eigenvalue weighted by Crippen LogP contribution is 2.39. The van der Waals surface area contributed by atoms with E-state index in [1.165, 1.54) is 0 Å². The quantitative estimate of drug-likeness (QED) is 0.901. The van der Waals surface area contributed by atoms with Gasteiger partial charge in [-0.15, -0.1) is 0 Å². The van der Waals surface area contributed by atoms with E-state index in [1.54, 1.807) is 7.11 Å². The number of aromatic nitrogens is 2. The third kappa shape index (κ3) is 2.77. The Hall–Kier alpha value is -2.30. The first-order valence-electron chi connectivity index (χ1n) is 7.14. The van der Waals surface area contributed by atoms with Crippen molar-refractivity contribution in [1.82, 2.24) is 9.97 Å². The summed E-state index contributed by atoms with van der Waals surface area (Å²) in [6.45, 7) is 3.95. The molecule has 5 nitrogen and oxygen atoms in total. The molecule has 1 aromatic heterocycles. The van der Waals surface area contributed by atoms with Crippen molar-refractivity contribution in [3.63, 3.8) is 0 Å². The number of nitrogens with one attached hydrogen (secondary N) is 1. The standard InChI is InChI=1S/C16H20N4O/c1-9-8-12(6-7-13(9)21-3)18-15-10(2)14(17)19-16(20-15)11-4-5-11/h6-8,11H,4-5H2,1-3H3,(H3,17,18,19,20). The third-order valence-corrected chi connectivity index (χ3v) is 3.80. The van der Waals surface area contributed by atoms with Gasteiger partial charge in [-0.1, -0.05) is 0 Å². The molecular formula is C16H20N4O. The summed E-state index contributed by atoms with van der Waals surface area (Å²) in [6, 6.07) is 5.95. The fourth-order valence-corrected chi connectivity index (χ4v) is 2.29. The fourth-order valence-electron chi connectivity index (χ4n) is 2.29. The molecule has 1 aliphatic rings. The van der Waals surface area contributed by atoms with Gasteiger partial charge in [0.05, 0.1) is 7.11 Å². The fraction of sp³-hybridized carbons (Fsp3) is 0.375. The van der Waals surface area contributed by atoms with Crippen LogP contribution < -0.4 is 15.8 Å². The normalized spacial score (nSPS) is 14.0. The predicted octanol–water partition coefficient (Wildman–Crippen LogP) is 3.31. The number of nitrogen functional groups attached to an aromatic ring is 1. The van der Waals surface area contributed by atoms with Crippen LogP contribution in [-0.4, -0.2) is 17.1 Å². The van der Waals surface area contributed by atoms with E-state index in [9.17, 15) is 0 Å². The van der Waals surface area contributed by atoms with Crippen molar-refractivity contribution in [2.24, 2.45) is 0 Å². The second-order valence-corrected chi connectivity index (χ2v) is 5.52. The zero-order chi connectivity index (χ0) is 15.0. The molecule has 0 atom stereocenters. The minimum Gasteiger partial charge on any atom is -0.496 e. The van der Waals surface area contributed by atoms with Crippen LogP contribution in [0, 0.1) is 13.8 Å². The van der Waals surface area contributed by atoms with Crippen molar-refractivity contribution in [3.8, 4) is 5.75 Å². The summed E-state index contributed by atoms with van der Waals surface area (Å²) in [4.78, 5) is 9.02. The van der Waals surface area contributed by atoms with Crippen LogP contribution >= 0.6 is 0 Å². The highest BCUT2D eigenvalue weighted by atomic mass is 16.5. The van der Waals surface area contributed by atoms with Crippen molar-refractivity contribution >= 4 is 17.3 Å². The molecule has 0 amide bonds. The average molecular weight is 284 g/mol. The van der Waals surface area contributed by atoms with Crippen LogP contribution in [0.3, 0.4) is 0 Å². The van der Waals surface area contributed by atoms with Gasteiger partial charge in [0.15, 0.2) is 0 Å². The van der Waals surface area contributed by atoms with Crippen LogP contribution in [0.15, 0.2) is 18.2 Å². The Morgan fingerprint density at radius 3 is 2.62 bits per heavy atom. The van der Waals surface area contributed by atoms with E-state index in [1.807, 2.05) is 32.0 Å². The molecular weight excluding hydrogens is 264 g/mol. The minimum atomic E-state index is 0.478. The number of methoxy groups -OCH3 is 1. The molecule has 1 fully saturated rings. The lowest BCUT2D eigenvalue weighted by Gasteiger charge is -2.13. The minimum absolute atomic E-state index is 0.478. The summed E-state index contributed by atoms with van der Waals surface area (Å²) in [6.07, 6.45) is 2.31. The number of hydrogen-bond acceptors (Lipinski definition) is 5. The first-order valence-corrected chi connectivity index (χ1v) is 7.14. The van der Waals surface area contributed by atoms with Crippen molar-refractivity contribution < 1.29 is 4.74 Å². The van der Waals surface area contributed by atoms with Crippen LogP contribution in [0.5, 0.6) is 5.75 Å². The molecule has 0 saturated heterocycles. The van der Waals surface area contributed by atoms with Crippen LogP contribution in [0.4, 0.5) is 17.3 Å². The molecule has 5 heteroatoms. The highest BCUT2D eigenvalue weighted by Gasteiger charge is 2.27. The molecule has 1 heterocycles. The van der Waals surface area contributed by atoms with Gasteiger partial charge >= 0.3 is 0 Å². The third-order valence-electron chi connectivity index (χ3n) is 3.80. The highest BCUT2D eigenvalue weighted by molar-refractivity contribution is 5.65. The number of nitrogens with two attached hydrogens (primary N) is 1. The largest absolute Gasteiger partial charge is 0.496 e. The zero-order valence-corrected chi connectivity index (χ0v) is 12.6. The van der Waals surface area contributed by atoms with E-state index >= 15 is 0 Å². The number of rotatable bonds is 4. The van der Waals surface area contributed by atoms with Gasteiger partial charge in [-0.2, -0.15) is 0 Å². The lowest BCUT2D eigenvalue weighted by molar-refractivity contribution is 0.412. The summed E-state index contributed by atoms with van der Waals surface area (Å²) in [7, 11) is 1.67. The predicted molar refractivity (Wildman–Crippen MR) is 84.2 cm³/mol. The SMILES string of the molecule is COc1ccc(Nc2nc(C3CC3)nc(N)c2C)cc1C. The van der Waals surface area contributed by atoms with Crippen LogP contribution in [-0.2, 0) is 0 Å². The number of nitrogens with zero attached hydrogens (tertiary/aromatic N) is 2. The number of ether oxygens (including phenoxy) is 1. The van der Waals surface area contributed by atoms with Crippen LogP contribution in [0.1, 0.15) is 35.7 Å². The Kier molecular flexibility index (Phi) is 3.41. The molecule has 3 rings (SSSR count). The maximum atomic E-state index is 6.01. The number of benzene rings is 1. The summed E-state index contributed by atoms with van der Waals surface area (Å²) >= 11 is 0. The maximum Gasteiger partial charge on any atom is 0.139 e. The van der Waals surface area contributed by atoms with E-state index in [4.69, 9.17) is 10.5 Å². The van der Waals surface area contributed by atoms with Gasteiger partial charge in [-0.3, -0.25) is 0 Å². The van der Waals surface area contributed by atoms with E-state index in [0.29, 0.717) is 11.7 Å². The van der Waals surface area contributed by atoms with E-state index in [0.717, 1.165) is 47.0 Å². The second kappa shape index (κ2) is 5.24. The first kappa shape index (κ1) is 13.7. The molecule has 1 aromatic carbocycles. The van der Waals surface area contributed by atoms with Crippen molar-refractivity contribution in [3.05, 3.63) is 35.2 Å². The monoisotopic (exact) mass is 284 g/mol. The van der Waals surface area contributed by atoms with Gasteiger partial charge in [-0.05, 0) is 50.5 Å². The van der Waals surface area contributed by atoms with Gasteiger partial charge < -0.3 is 15.8 Å². The van der Waals surface area contributed by atoms with Gasteiger partial charge in [-0.25, -0.2) is 9.97 Å². The summed E-state index contributed by atoms with van der Waals surface area (Å²) in [5, 5.41) is 3.34. The number of hydrogen-bond donors (Lipinski definition) is 2. The molecule has 1 saturated carbocycles. The van der Waals surface area contributed by atoms with E-state index < -0.39 is 0 Å². The molecule has 2 aromatic rings. The van der Waals surface area contributed by atoms with Gasteiger partial charge in [0.2, 0.25) is 0 Å². The lowest BCUT2D eigenvalue weighted by Crippen LogP contribution is -2.06. The van der Waals surface area contributed by atoms with E-state index in [-0.39, 0.29) is 0 Å². The molecule has 0 spiro atoms. The molecule has 3 N–H and O–H groups in total. The number of aryl methyl sites for hydroxylation is 1. The zero-order valence-electron chi connectivity index (χ0n) is 12.6. The van der Waals surface area contributed by atoms with Gasteiger partial charge in [0.1, 0.15) is 23.2 Å². The van der Waals surface area contributed by atoms with Crippen LogP contribution in [0.2, 0.25) is 0 Å². The van der Waals surface area contributed by atoms with Crippen LogP contribution in [0.25, 0.3) is 0 Å². The summed E-state index contributed by atoms with van der Waals surface area (Å²) < 4.78 is 5.28. The molecule has 0 bridgehead atoms. The summed E-state index contributed by atoms with van der Waals surface area (Å²) in [5.74, 6) is 3.55. The van der Waals surface area contributed by atoms with Gasteiger partial charge in [0, 0.05) is 17.2 Å². The maximum absolute atomic E-state index is 6.01. The molecule has 1 aliphatic carbocycles. The van der Waals surface area contributed by atoms with Gasteiger partial charge in [0.25, 0.3) is 0 Å². The summed E-state index contributed by atoms with van der Waals surface area (Å²) in [5.41, 5.74) is 8.93. The molecule has 0 radical (unpaired) electrons. The molecule has 110 valence electrons. The number of anilines is 3. The Bertz CT molecular complexity index is 680. The van der Waals surface area contributed by atoms with E-state index in [2.05, 4.69) is 15.3 Å². The Labute approximate surface area is 124 Å². The Morgan fingerprint density at radius 2 is 2.00 bits per heavy atom. The van der Waals surface area contributed by atoms with Crippen molar-refractivity contribution in [1.29, 1.82) is 0 Å². The van der Waals surface area contributed by atoms with Crippen molar-refractivity contribution in [2.75, 3.05) is 18.2 Å². The van der Waals surface area contributed by atoms with Crippen molar-refractivity contribution in [2.45, 2.75) is 32.6 Å². The smallest absolute Gasteiger partial charge is 0.139 e. The molecule has 21 heavy (non-hydrogen) atoms. The average Bonchev–Trinajstić information content (AvgIpc) is 3.28.